The van der Waals surface area contributed by atoms with E-state index < -0.39 is 12.1 Å². The van der Waals surface area contributed by atoms with E-state index in [1.165, 1.54) is 16.7 Å². The molecule has 3 aromatic rings. The summed E-state index contributed by atoms with van der Waals surface area (Å²) in [5, 5.41) is 12.3. The van der Waals surface area contributed by atoms with Gasteiger partial charge in [-0.1, -0.05) is 37.3 Å². The summed E-state index contributed by atoms with van der Waals surface area (Å²) in [7, 11) is 0. The van der Waals surface area contributed by atoms with Crippen molar-refractivity contribution in [3.63, 3.8) is 0 Å². The third-order valence-electron chi connectivity index (χ3n) is 4.58. The van der Waals surface area contributed by atoms with Crippen LogP contribution < -0.4 is 15.6 Å². The van der Waals surface area contributed by atoms with Crippen molar-refractivity contribution in [1.29, 1.82) is 5.26 Å². The number of nitrogens with zero attached hydrogens (tertiary/aromatic N) is 3. The Morgan fingerprint density at radius 1 is 1.16 bits per heavy atom. The topological polar surface area (TPSA) is 79.9 Å². The van der Waals surface area contributed by atoms with Gasteiger partial charge in [0.05, 0.1) is 24.7 Å². The van der Waals surface area contributed by atoms with Gasteiger partial charge in [0.25, 0.3) is 5.56 Å². The summed E-state index contributed by atoms with van der Waals surface area (Å²) in [6.45, 7) is 2.86. The quantitative estimate of drug-likeness (QED) is 0.545. The fraction of sp³-hybridized carbons (Fsp3) is 0.261. The second-order valence-corrected chi connectivity index (χ2v) is 7.00. The molecule has 0 aliphatic carbocycles. The number of hydrogen-bond acceptors (Lipinski definition) is 5. The van der Waals surface area contributed by atoms with Gasteiger partial charge in [-0.05, 0) is 35.7 Å². The summed E-state index contributed by atoms with van der Waals surface area (Å²) in [4.78, 5) is 17.5. The molecule has 1 N–H and O–H groups in total. The van der Waals surface area contributed by atoms with Gasteiger partial charge in [-0.2, -0.15) is 5.26 Å². The largest absolute Gasteiger partial charge is 0.573 e. The van der Waals surface area contributed by atoms with Crippen molar-refractivity contribution in [2.24, 2.45) is 0 Å². The van der Waals surface area contributed by atoms with E-state index in [-0.39, 0.29) is 23.2 Å². The molecule has 1 aromatic heterocycles. The van der Waals surface area contributed by atoms with E-state index in [0.29, 0.717) is 24.6 Å². The Balaban J connectivity index is 2.06. The standard InChI is InChI=1S/C23H21F3N4O2/c1-2-12-28-22-29-20(14-21(31)30(22)15-16-6-4-3-5-7-16)19-9-8-18(32-23(24,25)26)13-17(19)10-11-27/h3-9,13-14H,2,10,12,15H2,1H3,(H,28,29). The van der Waals surface area contributed by atoms with E-state index in [4.69, 9.17) is 5.26 Å². The molecule has 1 heterocycles. The molecule has 32 heavy (non-hydrogen) atoms. The number of nitriles is 1. The van der Waals surface area contributed by atoms with Crippen LogP contribution in [0.15, 0.2) is 59.4 Å². The van der Waals surface area contributed by atoms with Gasteiger partial charge in [0.1, 0.15) is 5.75 Å². The van der Waals surface area contributed by atoms with Crippen LogP contribution in [0.1, 0.15) is 24.5 Å². The fourth-order valence-corrected chi connectivity index (χ4v) is 3.18. The molecule has 0 aliphatic heterocycles. The first kappa shape index (κ1) is 22.9. The van der Waals surface area contributed by atoms with E-state index in [2.05, 4.69) is 15.0 Å². The SMILES string of the molecule is CCCNc1nc(-c2ccc(OC(F)(F)F)cc2CC#N)cc(=O)n1Cc1ccccc1. The molecule has 0 aliphatic rings. The van der Waals surface area contributed by atoms with Crippen LogP contribution in [0.5, 0.6) is 5.75 Å². The van der Waals surface area contributed by atoms with Crippen molar-refractivity contribution in [2.45, 2.75) is 32.7 Å². The van der Waals surface area contributed by atoms with Crippen molar-refractivity contribution >= 4 is 5.95 Å². The van der Waals surface area contributed by atoms with Crippen LogP contribution in [0.4, 0.5) is 19.1 Å². The molecule has 2 aromatic carbocycles. The molecule has 0 radical (unpaired) electrons. The first-order chi connectivity index (χ1) is 15.3. The van der Waals surface area contributed by atoms with E-state index in [9.17, 15) is 18.0 Å². The van der Waals surface area contributed by atoms with Crippen molar-refractivity contribution in [1.82, 2.24) is 9.55 Å². The lowest BCUT2D eigenvalue weighted by molar-refractivity contribution is -0.274. The number of alkyl halides is 3. The van der Waals surface area contributed by atoms with Crippen molar-refractivity contribution in [3.05, 3.63) is 76.1 Å². The first-order valence-corrected chi connectivity index (χ1v) is 9.96. The molecule has 0 bridgehead atoms. The van der Waals surface area contributed by atoms with Gasteiger partial charge in [0, 0.05) is 18.2 Å². The fourth-order valence-electron chi connectivity index (χ4n) is 3.18. The van der Waals surface area contributed by atoms with Gasteiger partial charge in [0.15, 0.2) is 0 Å². The number of ether oxygens (including phenoxy) is 1. The molecular weight excluding hydrogens is 421 g/mol. The van der Waals surface area contributed by atoms with Crippen molar-refractivity contribution in [3.8, 4) is 23.1 Å². The smallest absolute Gasteiger partial charge is 0.406 e. The molecule has 0 saturated carbocycles. The molecule has 6 nitrogen and oxygen atoms in total. The summed E-state index contributed by atoms with van der Waals surface area (Å²) < 4.78 is 43.2. The number of rotatable bonds is 8. The Labute approximate surface area is 182 Å². The van der Waals surface area contributed by atoms with Gasteiger partial charge in [-0.3, -0.25) is 9.36 Å². The zero-order chi connectivity index (χ0) is 23.1. The Morgan fingerprint density at radius 3 is 2.56 bits per heavy atom. The maximum Gasteiger partial charge on any atom is 0.573 e. The molecule has 166 valence electrons. The average Bonchev–Trinajstić information content (AvgIpc) is 2.74. The third-order valence-corrected chi connectivity index (χ3v) is 4.58. The zero-order valence-corrected chi connectivity index (χ0v) is 17.3. The Kier molecular flexibility index (Phi) is 7.15. The molecule has 0 atom stereocenters. The average molecular weight is 442 g/mol. The van der Waals surface area contributed by atoms with Gasteiger partial charge < -0.3 is 10.1 Å². The second kappa shape index (κ2) is 10.0. The van der Waals surface area contributed by atoms with Crippen LogP contribution in [-0.4, -0.2) is 22.5 Å². The number of nitrogens with one attached hydrogen (secondary N) is 1. The third kappa shape index (κ3) is 5.88. The highest BCUT2D eigenvalue weighted by molar-refractivity contribution is 5.66. The molecule has 0 amide bonds. The van der Waals surface area contributed by atoms with Crippen LogP contribution >= 0.6 is 0 Å². The minimum Gasteiger partial charge on any atom is -0.406 e. The lowest BCUT2D eigenvalue weighted by Crippen LogP contribution is -2.25. The summed E-state index contributed by atoms with van der Waals surface area (Å²) in [5.41, 5.74) is 1.54. The van der Waals surface area contributed by atoms with Crippen LogP contribution in [0.2, 0.25) is 0 Å². The first-order valence-electron chi connectivity index (χ1n) is 9.96. The summed E-state index contributed by atoms with van der Waals surface area (Å²) >= 11 is 0. The number of halogens is 3. The lowest BCUT2D eigenvalue weighted by atomic mass is 10.0. The lowest BCUT2D eigenvalue weighted by Gasteiger charge is -2.16. The van der Waals surface area contributed by atoms with Gasteiger partial charge in [0.2, 0.25) is 5.95 Å². The number of hydrogen-bond donors (Lipinski definition) is 1. The Bertz CT molecular complexity index is 1170. The second-order valence-electron chi connectivity index (χ2n) is 7.00. The van der Waals surface area contributed by atoms with Gasteiger partial charge in [-0.15, -0.1) is 13.2 Å². The van der Waals surface area contributed by atoms with E-state index in [1.54, 1.807) is 0 Å². The minimum absolute atomic E-state index is 0.170. The van der Waals surface area contributed by atoms with E-state index >= 15 is 0 Å². The number of benzene rings is 2. The molecule has 0 fully saturated rings. The highest BCUT2D eigenvalue weighted by atomic mass is 19.4. The van der Waals surface area contributed by atoms with Crippen LogP contribution in [0.25, 0.3) is 11.3 Å². The highest BCUT2D eigenvalue weighted by Crippen LogP contribution is 2.30. The van der Waals surface area contributed by atoms with Crippen LogP contribution in [0.3, 0.4) is 0 Å². The van der Waals surface area contributed by atoms with Crippen LogP contribution in [-0.2, 0) is 13.0 Å². The Hall–Kier alpha value is -3.80. The predicted molar refractivity (Wildman–Crippen MR) is 114 cm³/mol. The summed E-state index contributed by atoms with van der Waals surface area (Å²) in [5.74, 6) is -0.0926. The van der Waals surface area contributed by atoms with Gasteiger partial charge in [-0.25, -0.2) is 4.98 Å². The number of aromatic nitrogens is 2. The van der Waals surface area contributed by atoms with E-state index in [0.717, 1.165) is 24.1 Å². The molecule has 0 saturated heterocycles. The molecule has 3 rings (SSSR count). The normalized spacial score (nSPS) is 11.1. The molecular formula is C23H21F3N4O2. The molecule has 0 unspecified atom stereocenters. The summed E-state index contributed by atoms with van der Waals surface area (Å²) in [6, 6.07) is 16.3. The molecule has 9 heteroatoms. The molecule has 0 spiro atoms. The van der Waals surface area contributed by atoms with Crippen molar-refractivity contribution < 1.29 is 17.9 Å². The highest BCUT2D eigenvalue weighted by Gasteiger charge is 2.31. The Morgan fingerprint density at radius 2 is 1.91 bits per heavy atom. The van der Waals surface area contributed by atoms with Crippen LogP contribution in [0, 0.1) is 11.3 Å². The van der Waals surface area contributed by atoms with Crippen molar-refractivity contribution in [2.75, 3.05) is 11.9 Å². The maximum atomic E-state index is 13.0. The monoisotopic (exact) mass is 442 g/mol. The zero-order valence-electron chi connectivity index (χ0n) is 17.3. The summed E-state index contributed by atoms with van der Waals surface area (Å²) in [6.07, 6.45) is -4.22. The predicted octanol–water partition coefficient (Wildman–Crippen LogP) is 4.75. The minimum atomic E-state index is -4.85. The van der Waals surface area contributed by atoms with Gasteiger partial charge >= 0.3 is 6.36 Å². The van der Waals surface area contributed by atoms with E-state index in [1.807, 2.05) is 43.3 Å². The maximum absolute atomic E-state index is 13.0. The number of anilines is 1.